The van der Waals surface area contributed by atoms with Gasteiger partial charge in [0.15, 0.2) is 28.8 Å². The van der Waals surface area contributed by atoms with Crippen LogP contribution in [0.3, 0.4) is 0 Å². The van der Waals surface area contributed by atoms with E-state index in [2.05, 4.69) is 25.1 Å². The van der Waals surface area contributed by atoms with Crippen molar-refractivity contribution in [3.8, 4) is 17.2 Å². The van der Waals surface area contributed by atoms with Crippen LogP contribution in [0.1, 0.15) is 18.2 Å². The molecular formula is C14H16N6O5. The van der Waals surface area contributed by atoms with Crippen molar-refractivity contribution in [2.75, 3.05) is 20.0 Å². The number of esters is 1. The van der Waals surface area contributed by atoms with Gasteiger partial charge in [-0.05, 0) is 22.4 Å². The van der Waals surface area contributed by atoms with E-state index in [0.29, 0.717) is 5.56 Å². The third-order valence-electron chi connectivity index (χ3n) is 2.86. The highest BCUT2D eigenvalue weighted by atomic mass is 16.6. The van der Waals surface area contributed by atoms with Gasteiger partial charge >= 0.3 is 5.97 Å². The second-order valence-corrected chi connectivity index (χ2v) is 4.58. The standard InChI is InChI=1S/C14H16N6O5/c1-7(21)24-12-9(22-2)4-8(5-10(12)23-3)6-17-18-13(15)11-14(16)20-25-19-11/h4-6H,1-3H3,(H2,15,18)(H2,16,20)/b17-6-. The van der Waals surface area contributed by atoms with Crippen LogP contribution in [-0.4, -0.2) is 42.6 Å². The Bertz CT molecular complexity index is 804. The summed E-state index contributed by atoms with van der Waals surface area (Å²) in [6.07, 6.45) is 1.39. The molecule has 0 aliphatic carbocycles. The van der Waals surface area contributed by atoms with Gasteiger partial charge in [0, 0.05) is 12.5 Å². The second-order valence-electron chi connectivity index (χ2n) is 4.58. The van der Waals surface area contributed by atoms with Crippen LogP contribution < -0.4 is 25.7 Å². The van der Waals surface area contributed by atoms with Crippen molar-refractivity contribution in [2.45, 2.75) is 6.92 Å². The molecule has 0 bridgehead atoms. The van der Waals surface area contributed by atoms with Crippen molar-refractivity contribution in [3.63, 3.8) is 0 Å². The largest absolute Gasteiger partial charge is 0.493 e. The predicted octanol–water partition coefficient (Wildman–Crippen LogP) is 0.334. The van der Waals surface area contributed by atoms with E-state index in [-0.39, 0.29) is 34.6 Å². The van der Waals surface area contributed by atoms with Crippen LogP contribution in [0.4, 0.5) is 5.82 Å². The lowest BCUT2D eigenvalue weighted by atomic mass is 10.2. The first kappa shape index (κ1) is 17.7. The molecule has 0 atom stereocenters. The number of nitrogen functional groups attached to an aromatic ring is 1. The Kier molecular flexibility index (Phi) is 5.50. The van der Waals surface area contributed by atoms with Crippen molar-refractivity contribution < 1.29 is 23.6 Å². The number of aromatic nitrogens is 2. The summed E-state index contributed by atoms with van der Waals surface area (Å²) in [6.45, 7) is 1.27. The van der Waals surface area contributed by atoms with Crippen LogP contribution in [0, 0.1) is 0 Å². The summed E-state index contributed by atoms with van der Waals surface area (Å²) < 4.78 is 19.9. The lowest BCUT2D eigenvalue weighted by Crippen LogP contribution is -2.15. The van der Waals surface area contributed by atoms with E-state index < -0.39 is 5.97 Å². The van der Waals surface area contributed by atoms with Crippen LogP contribution in [0.15, 0.2) is 27.0 Å². The number of anilines is 1. The summed E-state index contributed by atoms with van der Waals surface area (Å²) in [5.41, 5.74) is 11.8. The maximum atomic E-state index is 11.2. The van der Waals surface area contributed by atoms with Gasteiger partial charge in [0.05, 0.1) is 20.4 Å². The van der Waals surface area contributed by atoms with Gasteiger partial charge in [-0.1, -0.05) is 0 Å². The minimum absolute atomic E-state index is 0.00511. The minimum atomic E-state index is -0.505. The third kappa shape index (κ3) is 4.22. The molecule has 0 spiro atoms. The Morgan fingerprint density at radius 1 is 1.24 bits per heavy atom. The predicted molar refractivity (Wildman–Crippen MR) is 87.9 cm³/mol. The average molecular weight is 348 g/mol. The summed E-state index contributed by atoms with van der Waals surface area (Å²) >= 11 is 0. The van der Waals surface area contributed by atoms with Crippen molar-refractivity contribution in [1.29, 1.82) is 0 Å². The Morgan fingerprint density at radius 2 is 1.88 bits per heavy atom. The first-order valence-corrected chi connectivity index (χ1v) is 6.85. The number of nitrogens with two attached hydrogens (primary N) is 2. The number of nitrogens with zero attached hydrogens (tertiary/aromatic N) is 4. The first-order valence-electron chi connectivity index (χ1n) is 6.85. The zero-order chi connectivity index (χ0) is 18.4. The molecule has 1 heterocycles. The number of methoxy groups -OCH3 is 2. The molecule has 11 nitrogen and oxygen atoms in total. The molecule has 11 heteroatoms. The molecule has 4 N–H and O–H groups in total. The van der Waals surface area contributed by atoms with E-state index in [1.807, 2.05) is 0 Å². The van der Waals surface area contributed by atoms with E-state index in [1.165, 1.54) is 27.4 Å². The molecule has 0 saturated heterocycles. The fourth-order valence-electron chi connectivity index (χ4n) is 1.80. The van der Waals surface area contributed by atoms with Crippen LogP contribution in [0.2, 0.25) is 0 Å². The highest BCUT2D eigenvalue weighted by Crippen LogP contribution is 2.38. The van der Waals surface area contributed by atoms with E-state index in [0.717, 1.165) is 0 Å². The topological polar surface area (TPSA) is 160 Å². The molecule has 0 amide bonds. The third-order valence-corrected chi connectivity index (χ3v) is 2.86. The zero-order valence-corrected chi connectivity index (χ0v) is 13.7. The summed E-state index contributed by atoms with van der Waals surface area (Å²) in [6, 6.07) is 3.17. The molecule has 0 unspecified atom stereocenters. The van der Waals surface area contributed by atoms with Crippen molar-refractivity contribution >= 4 is 23.8 Å². The summed E-state index contributed by atoms with van der Waals surface area (Å²) in [4.78, 5) is 11.2. The van der Waals surface area contributed by atoms with Gasteiger partial charge in [-0.15, -0.1) is 5.10 Å². The molecule has 0 aliphatic rings. The van der Waals surface area contributed by atoms with E-state index in [4.69, 9.17) is 25.7 Å². The average Bonchev–Trinajstić information content (AvgIpc) is 3.01. The van der Waals surface area contributed by atoms with Gasteiger partial charge in [0.25, 0.3) is 0 Å². The molecule has 0 saturated carbocycles. The van der Waals surface area contributed by atoms with Crippen LogP contribution >= 0.6 is 0 Å². The van der Waals surface area contributed by atoms with Crippen molar-refractivity contribution in [2.24, 2.45) is 15.9 Å². The number of ether oxygens (including phenoxy) is 3. The lowest BCUT2D eigenvalue weighted by molar-refractivity contribution is -0.132. The number of carbonyl (C=O) groups excluding carboxylic acids is 1. The van der Waals surface area contributed by atoms with Gasteiger partial charge in [-0.25, -0.2) is 4.63 Å². The molecule has 0 radical (unpaired) electrons. The SMILES string of the molecule is COc1cc(/C=N\N=C(N)c2nonc2N)cc(OC)c1OC(C)=O. The number of carbonyl (C=O) groups is 1. The summed E-state index contributed by atoms with van der Waals surface area (Å²) in [5.74, 6) is 0.181. The Balaban J connectivity index is 2.30. The number of rotatable bonds is 6. The minimum Gasteiger partial charge on any atom is -0.493 e. The van der Waals surface area contributed by atoms with Gasteiger partial charge in [-0.3, -0.25) is 4.79 Å². The highest BCUT2D eigenvalue weighted by Gasteiger charge is 2.15. The molecule has 132 valence electrons. The highest BCUT2D eigenvalue weighted by molar-refractivity contribution is 5.99. The van der Waals surface area contributed by atoms with E-state index in [1.54, 1.807) is 12.1 Å². The van der Waals surface area contributed by atoms with Crippen LogP contribution in [0.5, 0.6) is 17.2 Å². The molecule has 1 aromatic carbocycles. The Morgan fingerprint density at radius 3 is 2.36 bits per heavy atom. The molecule has 0 aliphatic heterocycles. The van der Waals surface area contributed by atoms with Gasteiger partial charge in [0.1, 0.15) is 0 Å². The normalized spacial score (nSPS) is 11.6. The van der Waals surface area contributed by atoms with Crippen molar-refractivity contribution in [1.82, 2.24) is 10.3 Å². The quantitative estimate of drug-likeness (QED) is 0.246. The van der Waals surface area contributed by atoms with Gasteiger partial charge < -0.3 is 25.7 Å². The second kappa shape index (κ2) is 7.77. The maximum absolute atomic E-state index is 11.2. The molecular weight excluding hydrogens is 332 g/mol. The lowest BCUT2D eigenvalue weighted by Gasteiger charge is -2.13. The van der Waals surface area contributed by atoms with Gasteiger partial charge in [-0.2, -0.15) is 5.10 Å². The molecule has 1 aromatic heterocycles. The summed E-state index contributed by atoms with van der Waals surface area (Å²) in [5, 5.41) is 14.5. The van der Waals surface area contributed by atoms with Crippen LogP contribution in [0.25, 0.3) is 0 Å². The Labute approximate surface area is 142 Å². The number of benzene rings is 1. The molecule has 2 rings (SSSR count). The first-order chi connectivity index (χ1) is 12.0. The zero-order valence-electron chi connectivity index (χ0n) is 13.7. The maximum Gasteiger partial charge on any atom is 0.308 e. The van der Waals surface area contributed by atoms with Crippen molar-refractivity contribution in [3.05, 3.63) is 23.4 Å². The van der Waals surface area contributed by atoms with E-state index >= 15 is 0 Å². The smallest absolute Gasteiger partial charge is 0.308 e. The van der Waals surface area contributed by atoms with Crippen LogP contribution in [-0.2, 0) is 4.79 Å². The summed E-state index contributed by atoms with van der Waals surface area (Å²) in [7, 11) is 2.86. The number of amidine groups is 1. The Hall–Kier alpha value is -3.63. The molecule has 0 fully saturated rings. The molecule has 25 heavy (non-hydrogen) atoms. The number of hydrogen-bond acceptors (Lipinski definition) is 10. The fourth-order valence-corrected chi connectivity index (χ4v) is 1.80. The molecule has 2 aromatic rings. The fraction of sp³-hybridized carbons (Fsp3) is 0.214. The monoisotopic (exact) mass is 348 g/mol. The number of hydrogen-bond donors (Lipinski definition) is 2. The van der Waals surface area contributed by atoms with Gasteiger partial charge in [0.2, 0.25) is 5.75 Å². The van der Waals surface area contributed by atoms with E-state index in [9.17, 15) is 4.79 Å².